The molecule has 0 unspecified atom stereocenters. The van der Waals surface area contributed by atoms with E-state index in [9.17, 15) is 26.4 Å². The Morgan fingerprint density at radius 2 is 1.84 bits per heavy atom. The van der Waals surface area contributed by atoms with Crippen LogP contribution >= 0.6 is 15.9 Å². The maximum absolute atomic E-state index is 12.8. The molecule has 0 radical (unpaired) electrons. The van der Waals surface area contributed by atoms with Gasteiger partial charge in [-0.25, -0.2) is 13.2 Å². The second-order valence-corrected chi connectivity index (χ2v) is 10.0. The lowest BCUT2D eigenvalue weighted by Crippen LogP contribution is -2.21. The molecule has 11 heteroatoms. The summed E-state index contributed by atoms with van der Waals surface area (Å²) in [6.07, 6.45) is 1.86. The number of carbonyl (C=O) groups is 1. The van der Waals surface area contributed by atoms with E-state index >= 15 is 0 Å². The van der Waals surface area contributed by atoms with Crippen LogP contribution in [0.3, 0.4) is 0 Å². The molecule has 3 rings (SSSR count). The summed E-state index contributed by atoms with van der Waals surface area (Å²) in [4.78, 5) is 15.7. The van der Waals surface area contributed by atoms with Crippen LogP contribution in [0.2, 0.25) is 0 Å². The molecule has 1 aromatic carbocycles. The second kappa shape index (κ2) is 9.56. The molecule has 0 amide bonds. The zero-order valence-corrected chi connectivity index (χ0v) is 18.6. The third-order valence-corrected chi connectivity index (χ3v) is 6.88. The Bertz CT molecular complexity index is 1050. The van der Waals surface area contributed by atoms with Gasteiger partial charge in [-0.1, -0.05) is 22.4 Å². The summed E-state index contributed by atoms with van der Waals surface area (Å²) in [5.74, 6) is -2.12. The molecule has 0 atom stereocenters. The summed E-state index contributed by atoms with van der Waals surface area (Å²) in [6, 6.07) is 4.51. The second-order valence-electron chi connectivity index (χ2n) is 7.15. The highest BCUT2D eigenvalue weighted by atomic mass is 79.9. The Balaban J connectivity index is 1.81. The van der Waals surface area contributed by atoms with Gasteiger partial charge in [-0.15, -0.1) is 13.2 Å². The zero-order chi connectivity index (χ0) is 22.6. The molecule has 1 saturated carbocycles. The highest BCUT2D eigenvalue weighted by Gasteiger charge is 2.34. The Morgan fingerprint density at radius 3 is 2.52 bits per heavy atom. The number of hydrogen-bond donors (Lipinski definition) is 0. The van der Waals surface area contributed by atoms with Crippen LogP contribution in [0.5, 0.6) is 5.75 Å². The van der Waals surface area contributed by atoms with Crippen molar-refractivity contribution < 1.29 is 35.9 Å². The van der Waals surface area contributed by atoms with Crippen LogP contribution in [0.1, 0.15) is 48.0 Å². The van der Waals surface area contributed by atoms with Gasteiger partial charge in [-0.2, -0.15) is 0 Å². The van der Waals surface area contributed by atoms with Crippen molar-refractivity contribution in [2.45, 2.75) is 55.2 Å². The molecule has 1 aromatic heterocycles. The molecular weight excluding hydrogens is 503 g/mol. The minimum Gasteiger partial charge on any atom is -0.459 e. The fraction of sp³-hybridized carbons (Fsp3) is 0.400. The van der Waals surface area contributed by atoms with Crippen LogP contribution in [-0.4, -0.2) is 31.8 Å². The van der Waals surface area contributed by atoms with E-state index in [2.05, 4.69) is 25.7 Å². The zero-order valence-electron chi connectivity index (χ0n) is 16.2. The molecule has 0 saturated heterocycles. The van der Waals surface area contributed by atoms with Crippen LogP contribution in [0.15, 0.2) is 46.0 Å². The third-order valence-electron chi connectivity index (χ3n) is 4.68. The van der Waals surface area contributed by atoms with E-state index in [0.717, 1.165) is 44.2 Å². The number of benzene rings is 1. The smallest absolute Gasteiger partial charge is 0.459 e. The minimum atomic E-state index is -5.05. The van der Waals surface area contributed by atoms with Crippen LogP contribution in [0, 0.1) is 0 Å². The lowest BCUT2D eigenvalue weighted by atomic mass is 9.98. The van der Waals surface area contributed by atoms with Crippen LogP contribution < -0.4 is 4.74 Å². The SMILES string of the molecule is O=C(OC1CCCCC1)c1cncc(CS(=O)(=O)c2cc(Br)ccc2OC(F)(F)F)c1. The average molecular weight is 522 g/mol. The summed E-state index contributed by atoms with van der Waals surface area (Å²) in [7, 11) is -4.26. The molecule has 1 fully saturated rings. The number of aromatic nitrogens is 1. The normalized spacial score (nSPS) is 15.5. The molecule has 0 N–H and O–H groups in total. The number of rotatable bonds is 6. The number of pyridine rings is 1. The van der Waals surface area contributed by atoms with Gasteiger partial charge in [0.15, 0.2) is 9.84 Å². The number of carbonyl (C=O) groups excluding carboxylic acids is 1. The number of ether oxygens (including phenoxy) is 2. The fourth-order valence-electron chi connectivity index (χ4n) is 3.31. The monoisotopic (exact) mass is 521 g/mol. The molecule has 1 aliphatic rings. The predicted molar refractivity (Wildman–Crippen MR) is 108 cm³/mol. The Hall–Kier alpha value is -2.14. The van der Waals surface area contributed by atoms with Crippen molar-refractivity contribution in [2.24, 2.45) is 0 Å². The number of esters is 1. The quantitative estimate of drug-likeness (QED) is 0.485. The molecule has 0 bridgehead atoms. The van der Waals surface area contributed by atoms with Crippen molar-refractivity contribution >= 4 is 31.7 Å². The molecule has 0 aliphatic heterocycles. The summed E-state index contributed by atoms with van der Waals surface area (Å²) >= 11 is 3.06. The van der Waals surface area contributed by atoms with Crippen LogP contribution in [0.25, 0.3) is 0 Å². The first-order chi connectivity index (χ1) is 14.5. The van der Waals surface area contributed by atoms with Crippen LogP contribution in [-0.2, 0) is 20.3 Å². The third kappa shape index (κ3) is 6.67. The van der Waals surface area contributed by atoms with E-state index in [4.69, 9.17) is 4.74 Å². The van der Waals surface area contributed by atoms with E-state index in [1.165, 1.54) is 24.5 Å². The Labute approximate surface area is 185 Å². The van der Waals surface area contributed by atoms with Gasteiger partial charge < -0.3 is 9.47 Å². The molecule has 1 aliphatic carbocycles. The number of halogens is 4. The van der Waals surface area contributed by atoms with Crippen molar-refractivity contribution in [1.82, 2.24) is 4.98 Å². The van der Waals surface area contributed by atoms with Crippen molar-refractivity contribution in [3.63, 3.8) is 0 Å². The van der Waals surface area contributed by atoms with Crippen molar-refractivity contribution in [2.75, 3.05) is 0 Å². The molecule has 31 heavy (non-hydrogen) atoms. The molecule has 0 spiro atoms. The lowest BCUT2D eigenvalue weighted by Gasteiger charge is -2.21. The van der Waals surface area contributed by atoms with Gasteiger partial charge in [0.1, 0.15) is 16.7 Å². The summed E-state index contributed by atoms with van der Waals surface area (Å²) in [6.45, 7) is 0. The first-order valence-electron chi connectivity index (χ1n) is 9.46. The maximum Gasteiger partial charge on any atom is 0.573 e. The lowest BCUT2D eigenvalue weighted by molar-refractivity contribution is -0.275. The maximum atomic E-state index is 12.8. The molecular formula is C20H19BrF3NO5S. The average Bonchev–Trinajstić information content (AvgIpc) is 2.69. The van der Waals surface area contributed by atoms with E-state index in [-0.39, 0.29) is 21.7 Å². The van der Waals surface area contributed by atoms with E-state index in [1.807, 2.05) is 0 Å². The van der Waals surface area contributed by atoms with Gasteiger partial charge >= 0.3 is 12.3 Å². The molecule has 168 valence electrons. The predicted octanol–water partition coefficient (Wildman–Crippen LogP) is 5.21. The highest BCUT2D eigenvalue weighted by Crippen LogP contribution is 2.33. The van der Waals surface area contributed by atoms with E-state index in [1.54, 1.807) is 0 Å². The van der Waals surface area contributed by atoms with Gasteiger partial charge in [-0.05, 0) is 55.5 Å². The number of sulfone groups is 1. The van der Waals surface area contributed by atoms with Crippen molar-refractivity contribution in [3.05, 3.63) is 52.3 Å². The van der Waals surface area contributed by atoms with Gasteiger partial charge in [0, 0.05) is 16.9 Å². The first-order valence-corrected chi connectivity index (χ1v) is 11.9. The minimum absolute atomic E-state index is 0.0827. The van der Waals surface area contributed by atoms with Gasteiger partial charge in [0.05, 0.1) is 11.3 Å². The molecule has 2 aromatic rings. The van der Waals surface area contributed by atoms with E-state index in [0.29, 0.717) is 0 Å². The number of hydrogen-bond acceptors (Lipinski definition) is 6. The summed E-state index contributed by atoms with van der Waals surface area (Å²) in [5.41, 5.74) is 0.218. The van der Waals surface area contributed by atoms with Gasteiger partial charge in [0.25, 0.3) is 0 Å². The number of nitrogens with zero attached hydrogens (tertiary/aromatic N) is 1. The van der Waals surface area contributed by atoms with Crippen molar-refractivity contribution in [3.8, 4) is 5.75 Å². The highest BCUT2D eigenvalue weighted by molar-refractivity contribution is 9.10. The van der Waals surface area contributed by atoms with E-state index < -0.39 is 38.6 Å². The summed E-state index contributed by atoms with van der Waals surface area (Å²) in [5, 5.41) is 0. The van der Waals surface area contributed by atoms with Gasteiger partial charge in [-0.3, -0.25) is 4.98 Å². The largest absolute Gasteiger partial charge is 0.573 e. The van der Waals surface area contributed by atoms with Crippen molar-refractivity contribution in [1.29, 1.82) is 0 Å². The Kier molecular flexibility index (Phi) is 7.25. The first kappa shape index (κ1) is 23.5. The molecule has 1 heterocycles. The standard InChI is InChI=1S/C20H19BrF3NO5S/c21-15-6-7-17(30-20(22,23)24)18(9-15)31(27,28)12-13-8-14(11-25-10-13)19(26)29-16-4-2-1-3-5-16/h6-11,16H,1-5,12H2. The van der Waals surface area contributed by atoms with Gasteiger partial charge in [0.2, 0.25) is 0 Å². The molecule has 6 nitrogen and oxygen atoms in total. The Morgan fingerprint density at radius 1 is 1.13 bits per heavy atom. The number of alkyl halides is 3. The fourth-order valence-corrected chi connectivity index (χ4v) is 5.30. The van der Waals surface area contributed by atoms with Crippen LogP contribution in [0.4, 0.5) is 13.2 Å². The summed E-state index contributed by atoms with van der Waals surface area (Å²) < 4.78 is 73.3. The topological polar surface area (TPSA) is 82.6 Å².